The number of benzene rings is 1. The van der Waals surface area contributed by atoms with E-state index in [1.54, 1.807) is 24.4 Å². The van der Waals surface area contributed by atoms with Crippen LogP contribution in [0.3, 0.4) is 0 Å². The highest BCUT2D eigenvalue weighted by Crippen LogP contribution is 2.44. The zero-order chi connectivity index (χ0) is 20.2. The molecule has 5 nitrogen and oxygen atoms in total. The number of oxazole rings is 1. The second kappa shape index (κ2) is 6.88. The summed E-state index contributed by atoms with van der Waals surface area (Å²) < 4.78 is 47.2. The fourth-order valence-electron chi connectivity index (χ4n) is 4.32. The van der Waals surface area contributed by atoms with Gasteiger partial charge in [0.25, 0.3) is 6.01 Å². The van der Waals surface area contributed by atoms with E-state index < -0.39 is 16.8 Å². The van der Waals surface area contributed by atoms with Crippen LogP contribution in [-0.4, -0.2) is 35.1 Å². The van der Waals surface area contributed by atoms with Gasteiger partial charge in [-0.25, -0.2) is 0 Å². The maximum Gasteiger partial charge on any atom is 0.420 e. The minimum Gasteiger partial charge on any atom is -0.423 e. The molecule has 2 atom stereocenters. The minimum absolute atomic E-state index is 0.0547. The van der Waals surface area contributed by atoms with Crippen molar-refractivity contribution < 1.29 is 17.6 Å². The Kier molecular flexibility index (Phi) is 4.43. The summed E-state index contributed by atoms with van der Waals surface area (Å²) in [7, 11) is 0. The second-order valence-electron chi connectivity index (χ2n) is 7.56. The van der Waals surface area contributed by atoms with Gasteiger partial charge in [0.05, 0.1) is 10.7 Å². The maximum atomic E-state index is 13.7. The molecule has 0 radical (unpaired) electrons. The Morgan fingerprint density at radius 2 is 1.93 bits per heavy atom. The Labute approximate surface area is 169 Å². The van der Waals surface area contributed by atoms with Crippen LogP contribution in [-0.2, 0) is 6.18 Å². The first-order valence-corrected chi connectivity index (χ1v) is 9.90. The van der Waals surface area contributed by atoms with Crippen LogP contribution < -0.4 is 10.2 Å². The molecule has 152 valence electrons. The molecule has 1 aromatic carbocycles. The molecule has 3 aromatic rings. The van der Waals surface area contributed by atoms with Crippen molar-refractivity contribution in [3.05, 3.63) is 41.0 Å². The molecule has 0 aliphatic carbocycles. The molecule has 0 spiro atoms. The van der Waals surface area contributed by atoms with Crippen LogP contribution in [0.2, 0.25) is 5.02 Å². The molecule has 0 amide bonds. The lowest BCUT2D eigenvalue weighted by molar-refractivity contribution is -0.136. The molecule has 2 aliphatic rings. The van der Waals surface area contributed by atoms with Gasteiger partial charge in [0.1, 0.15) is 11.1 Å². The predicted molar refractivity (Wildman–Crippen MR) is 104 cm³/mol. The van der Waals surface area contributed by atoms with Crippen molar-refractivity contribution >= 4 is 28.7 Å². The Bertz CT molecular complexity index is 1040. The Hall–Kier alpha value is -2.32. The summed E-state index contributed by atoms with van der Waals surface area (Å²) in [6.07, 6.45) is 0.146. The summed E-state index contributed by atoms with van der Waals surface area (Å²) >= 11 is 6.06. The highest BCUT2D eigenvalue weighted by Gasteiger charge is 2.39. The van der Waals surface area contributed by atoms with E-state index in [1.165, 1.54) is 6.07 Å². The average molecular weight is 423 g/mol. The fraction of sp³-hybridized carbons (Fsp3) is 0.400. The number of anilines is 1. The first-order chi connectivity index (χ1) is 13.9. The van der Waals surface area contributed by atoms with Crippen molar-refractivity contribution in [3.8, 4) is 11.3 Å². The summed E-state index contributed by atoms with van der Waals surface area (Å²) in [5, 5.41) is 3.13. The molecule has 1 N–H and O–H groups in total. The van der Waals surface area contributed by atoms with Crippen LogP contribution in [0, 0.1) is 0 Å². The number of nitrogens with zero attached hydrogens (tertiary/aromatic N) is 3. The lowest BCUT2D eigenvalue weighted by Crippen LogP contribution is -2.58. The molecule has 29 heavy (non-hydrogen) atoms. The number of aromatic nitrogens is 2. The van der Waals surface area contributed by atoms with Gasteiger partial charge >= 0.3 is 6.18 Å². The van der Waals surface area contributed by atoms with Gasteiger partial charge in [0.15, 0.2) is 5.58 Å². The van der Waals surface area contributed by atoms with Crippen molar-refractivity contribution in [3.63, 3.8) is 0 Å². The van der Waals surface area contributed by atoms with Crippen LogP contribution in [0.1, 0.15) is 24.8 Å². The van der Waals surface area contributed by atoms with Gasteiger partial charge in [-0.3, -0.25) is 4.98 Å². The van der Waals surface area contributed by atoms with Crippen LogP contribution in [0.25, 0.3) is 22.4 Å². The summed E-state index contributed by atoms with van der Waals surface area (Å²) in [6, 6.07) is 7.23. The van der Waals surface area contributed by atoms with Crippen LogP contribution in [0.15, 0.2) is 34.9 Å². The number of rotatable bonds is 2. The molecule has 2 unspecified atom stereocenters. The number of hydrogen-bond acceptors (Lipinski definition) is 5. The largest absolute Gasteiger partial charge is 0.423 e. The quantitative estimate of drug-likeness (QED) is 0.637. The molecule has 2 fully saturated rings. The molecule has 2 saturated heterocycles. The van der Waals surface area contributed by atoms with E-state index in [4.69, 9.17) is 16.0 Å². The third-order valence-corrected chi connectivity index (χ3v) is 5.86. The first kappa shape index (κ1) is 18.7. The van der Waals surface area contributed by atoms with Gasteiger partial charge in [0.2, 0.25) is 0 Å². The monoisotopic (exact) mass is 422 g/mol. The number of piperazine rings is 1. The standard InChI is InChI=1S/C20H18ClF3N4O/c21-14-8-13(15-6-1-2-7-25-15)18-17(16(14)20(22,23)24)27-19(29-18)28-9-11-4-3-5-12(10-28)26-11/h1-2,6-8,11-12,26H,3-5,9-10H2. The van der Waals surface area contributed by atoms with E-state index >= 15 is 0 Å². The molecule has 2 aromatic heterocycles. The molecule has 2 bridgehead atoms. The van der Waals surface area contributed by atoms with Gasteiger partial charge in [-0.05, 0) is 31.0 Å². The van der Waals surface area contributed by atoms with Crippen LogP contribution in [0.4, 0.5) is 19.2 Å². The number of nitrogens with one attached hydrogen (secondary N) is 1. The lowest BCUT2D eigenvalue weighted by Gasteiger charge is -2.41. The van der Waals surface area contributed by atoms with Crippen molar-refractivity contribution in [1.82, 2.24) is 15.3 Å². The van der Waals surface area contributed by atoms with E-state index in [2.05, 4.69) is 15.3 Å². The van der Waals surface area contributed by atoms with Crippen molar-refractivity contribution in [2.45, 2.75) is 37.5 Å². The smallest absolute Gasteiger partial charge is 0.420 e. The number of hydrogen-bond donors (Lipinski definition) is 1. The van der Waals surface area contributed by atoms with E-state index in [1.807, 2.05) is 4.90 Å². The van der Waals surface area contributed by atoms with Crippen LogP contribution in [0.5, 0.6) is 0 Å². The van der Waals surface area contributed by atoms with E-state index in [9.17, 15) is 13.2 Å². The zero-order valence-corrected chi connectivity index (χ0v) is 16.1. The number of halogens is 4. The zero-order valence-electron chi connectivity index (χ0n) is 15.3. The van der Waals surface area contributed by atoms with E-state index in [-0.39, 0.29) is 17.1 Å². The topological polar surface area (TPSA) is 54.2 Å². The van der Waals surface area contributed by atoms with Gasteiger partial charge < -0.3 is 14.6 Å². The Morgan fingerprint density at radius 3 is 2.59 bits per heavy atom. The normalized spacial score (nSPS) is 22.3. The summed E-state index contributed by atoms with van der Waals surface area (Å²) in [6.45, 7) is 1.30. The van der Waals surface area contributed by atoms with Gasteiger partial charge in [-0.2, -0.15) is 18.2 Å². The highest BCUT2D eigenvalue weighted by atomic mass is 35.5. The molecular weight excluding hydrogens is 405 g/mol. The van der Waals surface area contributed by atoms with E-state index in [0.29, 0.717) is 36.4 Å². The molecule has 5 rings (SSSR count). The van der Waals surface area contributed by atoms with Crippen molar-refractivity contribution in [2.24, 2.45) is 0 Å². The average Bonchev–Trinajstić information content (AvgIpc) is 3.11. The highest BCUT2D eigenvalue weighted by molar-refractivity contribution is 6.33. The maximum absolute atomic E-state index is 13.7. The SMILES string of the molecule is FC(F)(F)c1c(Cl)cc(-c2ccccn2)c2oc(N3CC4CCCC(C3)N4)nc12. The van der Waals surface area contributed by atoms with Gasteiger partial charge in [-0.15, -0.1) is 0 Å². The third-order valence-electron chi connectivity index (χ3n) is 5.56. The third kappa shape index (κ3) is 3.34. The van der Waals surface area contributed by atoms with E-state index in [0.717, 1.165) is 19.3 Å². The van der Waals surface area contributed by atoms with Crippen molar-refractivity contribution in [2.75, 3.05) is 18.0 Å². The Balaban J connectivity index is 1.68. The van der Waals surface area contributed by atoms with Gasteiger partial charge in [0, 0.05) is 36.9 Å². The second-order valence-corrected chi connectivity index (χ2v) is 7.97. The fourth-order valence-corrected chi connectivity index (χ4v) is 4.62. The summed E-state index contributed by atoms with van der Waals surface area (Å²) in [5.74, 6) is 0. The lowest BCUT2D eigenvalue weighted by atomic mass is 9.94. The summed E-state index contributed by atoms with van der Waals surface area (Å²) in [5.41, 5.74) is -0.316. The molecule has 2 aliphatic heterocycles. The van der Waals surface area contributed by atoms with Crippen molar-refractivity contribution in [1.29, 1.82) is 0 Å². The summed E-state index contributed by atoms with van der Waals surface area (Å²) in [4.78, 5) is 10.5. The first-order valence-electron chi connectivity index (χ1n) is 9.53. The molecule has 4 heterocycles. The van der Waals surface area contributed by atoms with Crippen LogP contribution >= 0.6 is 11.6 Å². The molecule has 0 saturated carbocycles. The number of piperidine rings is 1. The number of alkyl halides is 3. The predicted octanol–water partition coefficient (Wildman–Crippen LogP) is 4.89. The number of pyridine rings is 1. The number of fused-ring (bicyclic) bond motifs is 3. The molecule has 9 heteroatoms. The molecular formula is C20H18ClF3N4O. The minimum atomic E-state index is -4.65. The van der Waals surface area contributed by atoms with Gasteiger partial charge in [-0.1, -0.05) is 24.1 Å². The Morgan fingerprint density at radius 1 is 1.17 bits per heavy atom.